The van der Waals surface area contributed by atoms with Crippen molar-refractivity contribution in [2.45, 2.75) is 32.6 Å². The highest BCUT2D eigenvalue weighted by molar-refractivity contribution is 5.87. The monoisotopic (exact) mass is 302 g/mol. The predicted molar refractivity (Wildman–Crippen MR) is 80.0 cm³/mol. The van der Waals surface area contributed by atoms with E-state index in [0.717, 1.165) is 12.8 Å². The molecule has 6 nitrogen and oxygen atoms in total. The number of aromatic hydroxyl groups is 1. The van der Waals surface area contributed by atoms with Crippen LogP contribution < -0.4 is 9.47 Å². The summed E-state index contributed by atoms with van der Waals surface area (Å²) in [6.07, 6.45) is 6.04. The quantitative estimate of drug-likeness (QED) is 0.691. The van der Waals surface area contributed by atoms with Crippen molar-refractivity contribution in [2.75, 3.05) is 6.61 Å². The highest BCUT2D eigenvalue weighted by atomic mass is 16.6. The lowest BCUT2D eigenvalue weighted by molar-refractivity contribution is -0.132. The zero-order chi connectivity index (χ0) is 15.5. The van der Waals surface area contributed by atoms with E-state index in [-0.39, 0.29) is 5.88 Å². The molecule has 0 spiro atoms. The number of ether oxygens (including phenoxy) is 2. The van der Waals surface area contributed by atoms with Gasteiger partial charge in [0.1, 0.15) is 6.33 Å². The van der Waals surface area contributed by atoms with Gasteiger partial charge in [-0.2, -0.15) is 0 Å². The van der Waals surface area contributed by atoms with E-state index in [0.29, 0.717) is 34.9 Å². The average molecular weight is 302 g/mol. The van der Waals surface area contributed by atoms with E-state index in [1.165, 1.54) is 26.1 Å². The Labute approximate surface area is 128 Å². The van der Waals surface area contributed by atoms with Gasteiger partial charge in [0.2, 0.25) is 5.88 Å². The average Bonchev–Trinajstić information content (AvgIpc) is 2.98. The number of carbonyl (C=O) groups excluding carboxylic acids is 1. The Morgan fingerprint density at radius 3 is 2.77 bits per heavy atom. The number of hydrogen-bond donors (Lipinski definition) is 1. The summed E-state index contributed by atoms with van der Waals surface area (Å²) in [6, 6.07) is 3.21. The Hall–Kier alpha value is -2.37. The van der Waals surface area contributed by atoms with E-state index in [2.05, 4.69) is 9.97 Å². The molecule has 0 unspecified atom stereocenters. The lowest BCUT2D eigenvalue weighted by atomic mass is 10.1. The van der Waals surface area contributed by atoms with Gasteiger partial charge in [-0.3, -0.25) is 4.79 Å². The standard InChI is InChI=1S/C16H18N2O4/c1-10(19)22-15-7-13-12(16(20)18-9-17-13)6-14(15)21-8-11-4-2-3-5-11/h6-7,9,11H,2-5,8H2,1H3,(H,17,18,20). The SMILES string of the molecule is CC(=O)Oc1cc2ncnc(O)c2cc1OCC1CCCC1. The normalized spacial score (nSPS) is 15.1. The van der Waals surface area contributed by atoms with Crippen LogP contribution in [0.4, 0.5) is 0 Å². The van der Waals surface area contributed by atoms with Gasteiger partial charge in [-0.15, -0.1) is 0 Å². The van der Waals surface area contributed by atoms with Crippen LogP contribution in [0.3, 0.4) is 0 Å². The van der Waals surface area contributed by atoms with Gasteiger partial charge in [0, 0.05) is 13.0 Å². The van der Waals surface area contributed by atoms with Gasteiger partial charge < -0.3 is 14.6 Å². The fourth-order valence-corrected chi connectivity index (χ4v) is 2.78. The molecule has 0 aliphatic heterocycles. The second-order valence-electron chi connectivity index (χ2n) is 5.57. The zero-order valence-corrected chi connectivity index (χ0v) is 12.4. The summed E-state index contributed by atoms with van der Waals surface area (Å²) in [4.78, 5) is 19.1. The van der Waals surface area contributed by atoms with Crippen LogP contribution in [-0.4, -0.2) is 27.7 Å². The van der Waals surface area contributed by atoms with E-state index in [1.54, 1.807) is 12.1 Å². The fraction of sp³-hybridized carbons (Fsp3) is 0.438. The number of aromatic nitrogens is 2. The summed E-state index contributed by atoms with van der Waals surface area (Å²) in [6.45, 7) is 1.91. The zero-order valence-electron chi connectivity index (χ0n) is 12.4. The molecular weight excluding hydrogens is 284 g/mol. The highest BCUT2D eigenvalue weighted by Gasteiger charge is 2.18. The Morgan fingerprint density at radius 2 is 2.05 bits per heavy atom. The largest absolute Gasteiger partial charge is 0.493 e. The minimum Gasteiger partial charge on any atom is -0.493 e. The van der Waals surface area contributed by atoms with Crippen molar-refractivity contribution in [3.05, 3.63) is 18.5 Å². The molecule has 1 aromatic heterocycles. The van der Waals surface area contributed by atoms with Gasteiger partial charge in [-0.1, -0.05) is 12.8 Å². The number of nitrogens with zero attached hydrogens (tertiary/aromatic N) is 2. The van der Waals surface area contributed by atoms with Crippen LogP contribution in [0, 0.1) is 5.92 Å². The summed E-state index contributed by atoms with van der Waals surface area (Å²) in [5.41, 5.74) is 0.497. The molecule has 1 heterocycles. The minimum atomic E-state index is -0.427. The third-order valence-corrected chi connectivity index (χ3v) is 3.88. The van der Waals surface area contributed by atoms with Crippen molar-refractivity contribution < 1.29 is 19.4 Å². The first-order valence-electron chi connectivity index (χ1n) is 7.42. The maximum absolute atomic E-state index is 11.3. The number of esters is 1. The summed E-state index contributed by atoms with van der Waals surface area (Å²) in [5, 5.41) is 10.3. The molecule has 22 heavy (non-hydrogen) atoms. The summed E-state index contributed by atoms with van der Waals surface area (Å²) in [7, 11) is 0. The molecule has 1 saturated carbocycles. The van der Waals surface area contributed by atoms with E-state index in [9.17, 15) is 9.90 Å². The van der Waals surface area contributed by atoms with Crippen molar-refractivity contribution in [1.29, 1.82) is 0 Å². The summed E-state index contributed by atoms with van der Waals surface area (Å²) >= 11 is 0. The van der Waals surface area contributed by atoms with Gasteiger partial charge in [0.15, 0.2) is 11.5 Å². The van der Waals surface area contributed by atoms with Gasteiger partial charge in [0.05, 0.1) is 17.5 Å². The van der Waals surface area contributed by atoms with E-state index in [4.69, 9.17) is 9.47 Å². The van der Waals surface area contributed by atoms with Gasteiger partial charge in [-0.25, -0.2) is 9.97 Å². The van der Waals surface area contributed by atoms with Crippen molar-refractivity contribution in [1.82, 2.24) is 9.97 Å². The minimum absolute atomic E-state index is 0.120. The molecule has 1 aliphatic carbocycles. The first-order valence-corrected chi connectivity index (χ1v) is 7.42. The Kier molecular flexibility index (Phi) is 4.09. The van der Waals surface area contributed by atoms with Crippen molar-refractivity contribution in [3.63, 3.8) is 0 Å². The third-order valence-electron chi connectivity index (χ3n) is 3.88. The van der Waals surface area contributed by atoms with Crippen molar-refractivity contribution >= 4 is 16.9 Å². The first kappa shape index (κ1) is 14.6. The smallest absolute Gasteiger partial charge is 0.308 e. The van der Waals surface area contributed by atoms with Crippen LogP contribution in [0.15, 0.2) is 18.5 Å². The number of carbonyl (C=O) groups is 1. The van der Waals surface area contributed by atoms with Gasteiger partial charge in [-0.05, 0) is 24.8 Å². The molecule has 0 saturated heterocycles. The van der Waals surface area contributed by atoms with E-state index < -0.39 is 5.97 Å². The number of fused-ring (bicyclic) bond motifs is 1. The molecule has 1 fully saturated rings. The molecular formula is C16H18N2O4. The molecule has 0 amide bonds. The number of benzene rings is 1. The van der Waals surface area contributed by atoms with Crippen LogP contribution in [0.25, 0.3) is 10.9 Å². The topological polar surface area (TPSA) is 81.5 Å². The lowest BCUT2D eigenvalue weighted by Gasteiger charge is -2.15. The maximum Gasteiger partial charge on any atom is 0.308 e. The Morgan fingerprint density at radius 1 is 1.27 bits per heavy atom. The van der Waals surface area contributed by atoms with Crippen LogP contribution in [0.1, 0.15) is 32.6 Å². The molecule has 0 radical (unpaired) electrons. The summed E-state index contributed by atoms with van der Waals surface area (Å²) in [5.74, 6) is 0.728. The first-order chi connectivity index (χ1) is 10.6. The highest BCUT2D eigenvalue weighted by Crippen LogP contribution is 2.35. The molecule has 1 aliphatic rings. The van der Waals surface area contributed by atoms with Crippen LogP contribution >= 0.6 is 0 Å². The Bertz CT molecular complexity index is 696. The molecule has 3 rings (SSSR count). The number of hydrogen-bond acceptors (Lipinski definition) is 6. The van der Waals surface area contributed by atoms with E-state index in [1.807, 2.05) is 0 Å². The molecule has 1 N–H and O–H groups in total. The predicted octanol–water partition coefficient (Wildman–Crippen LogP) is 2.83. The van der Waals surface area contributed by atoms with Crippen LogP contribution in [-0.2, 0) is 4.79 Å². The number of rotatable bonds is 4. The molecule has 0 atom stereocenters. The molecule has 6 heteroatoms. The third kappa shape index (κ3) is 3.10. The maximum atomic E-state index is 11.3. The molecule has 0 bridgehead atoms. The van der Waals surface area contributed by atoms with Crippen molar-refractivity contribution in [3.8, 4) is 17.4 Å². The van der Waals surface area contributed by atoms with Gasteiger partial charge >= 0.3 is 5.97 Å². The lowest BCUT2D eigenvalue weighted by Crippen LogP contribution is -2.10. The van der Waals surface area contributed by atoms with Crippen LogP contribution in [0.5, 0.6) is 17.4 Å². The second kappa shape index (κ2) is 6.17. The van der Waals surface area contributed by atoms with Crippen LogP contribution in [0.2, 0.25) is 0 Å². The molecule has 2 aromatic rings. The van der Waals surface area contributed by atoms with Crippen molar-refractivity contribution in [2.24, 2.45) is 5.92 Å². The molecule has 1 aromatic carbocycles. The second-order valence-corrected chi connectivity index (χ2v) is 5.57. The molecule has 116 valence electrons. The van der Waals surface area contributed by atoms with E-state index >= 15 is 0 Å². The summed E-state index contributed by atoms with van der Waals surface area (Å²) < 4.78 is 11.0. The Balaban J connectivity index is 1.92. The van der Waals surface area contributed by atoms with Gasteiger partial charge in [0.25, 0.3) is 0 Å². The fourth-order valence-electron chi connectivity index (χ4n) is 2.78.